The summed E-state index contributed by atoms with van der Waals surface area (Å²) in [6.07, 6.45) is 0. The minimum atomic E-state index is 0.0542. The van der Waals surface area contributed by atoms with E-state index in [9.17, 15) is 10.2 Å². The Morgan fingerprint density at radius 3 is 0.833 bits per heavy atom. The maximum Gasteiger partial charge on any atom is 0.167 e. The summed E-state index contributed by atoms with van der Waals surface area (Å²) in [5.41, 5.74) is 4.57. The molecule has 0 aliphatic heterocycles. The first-order valence-electron chi connectivity index (χ1n) is 17.0. The summed E-state index contributed by atoms with van der Waals surface area (Å²) in [7, 11) is 3.11. The number of phenols is 2. The molecule has 2 N–H and O–H groups in total. The maximum atomic E-state index is 10.4. The zero-order valence-corrected chi connectivity index (χ0v) is 29.4. The van der Waals surface area contributed by atoms with Crippen molar-refractivity contribution in [3.8, 4) is 91.3 Å². The van der Waals surface area contributed by atoms with Crippen molar-refractivity contribution < 1.29 is 19.7 Å². The van der Waals surface area contributed by atoms with Gasteiger partial charge in [-0.15, -0.1) is 0 Å². The molecular weight excluding hydrogens is 677 g/mol. The van der Waals surface area contributed by atoms with Gasteiger partial charge in [-0.3, -0.25) is 0 Å². The van der Waals surface area contributed by atoms with Crippen LogP contribution in [-0.4, -0.2) is 54.3 Å². The summed E-state index contributed by atoms with van der Waals surface area (Å²) in [5, 5.41) is 20.8. The average molecular weight is 711 g/mol. The predicted molar refractivity (Wildman–Crippen MR) is 209 cm³/mol. The van der Waals surface area contributed by atoms with Gasteiger partial charge in [0.25, 0.3) is 0 Å². The lowest BCUT2D eigenvalue weighted by atomic mass is 10.1. The molecule has 0 aliphatic carbocycles. The van der Waals surface area contributed by atoms with E-state index in [1.165, 1.54) is 0 Å². The van der Waals surface area contributed by atoms with Gasteiger partial charge in [-0.2, -0.15) is 0 Å². The molecule has 0 fully saturated rings. The lowest BCUT2D eigenvalue weighted by Crippen LogP contribution is -2.00. The average Bonchev–Trinajstić information content (AvgIpc) is 3.24. The summed E-state index contributed by atoms with van der Waals surface area (Å²) in [5.74, 6) is 4.25. The molecule has 0 unspecified atom stereocenters. The van der Waals surface area contributed by atoms with Crippen molar-refractivity contribution in [2.75, 3.05) is 14.2 Å². The first-order valence-corrected chi connectivity index (χ1v) is 17.0. The monoisotopic (exact) mass is 710 g/mol. The molecule has 6 aromatic carbocycles. The Morgan fingerprint density at radius 2 is 0.593 bits per heavy atom. The predicted octanol–water partition coefficient (Wildman–Crippen LogP) is 9.17. The van der Waals surface area contributed by atoms with Crippen molar-refractivity contribution in [2.24, 2.45) is 0 Å². The van der Waals surface area contributed by atoms with Crippen LogP contribution in [0.4, 0.5) is 0 Å². The van der Waals surface area contributed by atoms with Gasteiger partial charge in [0.05, 0.1) is 25.3 Å². The van der Waals surface area contributed by atoms with Crippen LogP contribution in [0.2, 0.25) is 0 Å². The number of aromatic hydroxyl groups is 2. The summed E-state index contributed by atoms with van der Waals surface area (Å²) < 4.78 is 10.3. The molecule has 0 saturated carbocycles. The Morgan fingerprint density at radius 1 is 0.333 bits per heavy atom. The van der Waals surface area contributed by atoms with Gasteiger partial charge in [-0.25, -0.2) is 29.9 Å². The summed E-state index contributed by atoms with van der Waals surface area (Å²) in [6, 6.07) is 48.9. The Labute approximate surface area is 312 Å². The zero-order chi connectivity index (χ0) is 37.3. The number of ether oxygens (including phenoxy) is 2. The summed E-state index contributed by atoms with van der Waals surface area (Å²) in [6.45, 7) is 0. The van der Waals surface area contributed by atoms with Crippen molar-refractivity contribution in [3.05, 3.63) is 158 Å². The molecule has 10 heteroatoms. The van der Waals surface area contributed by atoms with Gasteiger partial charge in [-0.05, 0) is 24.3 Å². The molecule has 0 saturated heterocycles. The zero-order valence-electron chi connectivity index (χ0n) is 29.4. The topological polar surface area (TPSA) is 136 Å². The number of hydrogen-bond acceptors (Lipinski definition) is 10. The highest BCUT2D eigenvalue weighted by molar-refractivity contribution is 5.72. The number of nitrogens with zero attached hydrogens (tertiary/aromatic N) is 6. The smallest absolute Gasteiger partial charge is 0.167 e. The van der Waals surface area contributed by atoms with Crippen LogP contribution in [0.25, 0.3) is 68.3 Å². The fourth-order valence-corrected chi connectivity index (χ4v) is 5.51. The standard InChI is InChI=1S/2C22H17N3O2/c2*1-27-17-12-13-18(19(26)14-17)22-24-20(15-8-4-2-5-9-15)23-21(25-22)16-10-6-3-7-11-16/h2*2-14,26H,1H3. The number of hydrogen-bond donors (Lipinski definition) is 2. The molecule has 0 atom stereocenters. The van der Waals surface area contributed by atoms with Crippen molar-refractivity contribution in [1.29, 1.82) is 0 Å². The number of benzene rings is 6. The Balaban J connectivity index is 0.000000167. The molecule has 54 heavy (non-hydrogen) atoms. The number of rotatable bonds is 8. The lowest BCUT2D eigenvalue weighted by Gasteiger charge is -2.10. The first kappa shape index (κ1) is 35.0. The van der Waals surface area contributed by atoms with Crippen molar-refractivity contribution in [1.82, 2.24) is 29.9 Å². The van der Waals surface area contributed by atoms with Gasteiger partial charge < -0.3 is 19.7 Å². The van der Waals surface area contributed by atoms with Crippen LogP contribution < -0.4 is 9.47 Å². The second-order valence-electron chi connectivity index (χ2n) is 11.8. The minimum absolute atomic E-state index is 0.0542. The van der Waals surface area contributed by atoms with E-state index in [4.69, 9.17) is 9.47 Å². The largest absolute Gasteiger partial charge is 0.507 e. The molecule has 0 aliphatic rings. The van der Waals surface area contributed by atoms with E-state index in [0.29, 0.717) is 57.6 Å². The van der Waals surface area contributed by atoms with Crippen LogP contribution in [-0.2, 0) is 0 Å². The molecule has 0 spiro atoms. The highest BCUT2D eigenvalue weighted by Gasteiger charge is 2.16. The van der Waals surface area contributed by atoms with Gasteiger partial charge in [0.2, 0.25) is 0 Å². The van der Waals surface area contributed by atoms with Crippen molar-refractivity contribution >= 4 is 0 Å². The van der Waals surface area contributed by atoms with E-state index < -0.39 is 0 Å². The Kier molecular flexibility index (Phi) is 10.5. The summed E-state index contributed by atoms with van der Waals surface area (Å²) in [4.78, 5) is 27.6. The number of methoxy groups -OCH3 is 2. The van der Waals surface area contributed by atoms with E-state index in [1.807, 2.05) is 121 Å². The molecule has 10 nitrogen and oxygen atoms in total. The normalized spacial score (nSPS) is 10.6. The van der Waals surface area contributed by atoms with Crippen LogP contribution in [0.3, 0.4) is 0 Å². The second-order valence-corrected chi connectivity index (χ2v) is 11.8. The van der Waals surface area contributed by atoms with Crippen LogP contribution in [0.1, 0.15) is 0 Å². The molecule has 0 radical (unpaired) electrons. The van der Waals surface area contributed by atoms with E-state index in [1.54, 1.807) is 50.6 Å². The minimum Gasteiger partial charge on any atom is -0.507 e. The first-order chi connectivity index (χ1) is 26.5. The fourth-order valence-electron chi connectivity index (χ4n) is 5.51. The third-order valence-electron chi connectivity index (χ3n) is 8.29. The van der Waals surface area contributed by atoms with E-state index in [0.717, 1.165) is 22.3 Å². The highest BCUT2D eigenvalue weighted by Crippen LogP contribution is 2.34. The van der Waals surface area contributed by atoms with Crippen molar-refractivity contribution in [2.45, 2.75) is 0 Å². The molecule has 2 heterocycles. The van der Waals surface area contributed by atoms with Gasteiger partial charge in [-0.1, -0.05) is 121 Å². The molecule has 0 bridgehead atoms. The van der Waals surface area contributed by atoms with Gasteiger partial charge >= 0.3 is 0 Å². The quantitative estimate of drug-likeness (QED) is 0.157. The van der Waals surface area contributed by atoms with Crippen LogP contribution >= 0.6 is 0 Å². The van der Waals surface area contributed by atoms with Crippen LogP contribution in [0, 0.1) is 0 Å². The van der Waals surface area contributed by atoms with Gasteiger partial charge in [0, 0.05) is 34.4 Å². The molecule has 8 rings (SSSR count). The highest BCUT2D eigenvalue weighted by atomic mass is 16.5. The third kappa shape index (κ3) is 8.03. The van der Waals surface area contributed by atoms with Crippen LogP contribution in [0.5, 0.6) is 23.0 Å². The van der Waals surface area contributed by atoms with E-state index in [-0.39, 0.29) is 11.5 Å². The Bertz CT molecular complexity index is 2200. The number of aromatic nitrogens is 6. The second kappa shape index (κ2) is 16.3. The summed E-state index contributed by atoms with van der Waals surface area (Å²) >= 11 is 0. The van der Waals surface area contributed by atoms with E-state index in [2.05, 4.69) is 29.9 Å². The van der Waals surface area contributed by atoms with Crippen LogP contribution in [0.15, 0.2) is 158 Å². The number of phenolic OH excluding ortho intramolecular Hbond substituents is 2. The molecule has 264 valence electrons. The maximum absolute atomic E-state index is 10.4. The molecule has 0 amide bonds. The van der Waals surface area contributed by atoms with Gasteiger partial charge in [0.15, 0.2) is 34.9 Å². The third-order valence-corrected chi connectivity index (χ3v) is 8.29. The van der Waals surface area contributed by atoms with E-state index >= 15 is 0 Å². The molecule has 2 aromatic heterocycles. The molecule has 8 aromatic rings. The lowest BCUT2D eigenvalue weighted by molar-refractivity contribution is 0.407. The Hall–Kier alpha value is -7.46. The van der Waals surface area contributed by atoms with Gasteiger partial charge in [0.1, 0.15) is 23.0 Å². The molecular formula is C44H34N6O4. The SMILES string of the molecule is COc1ccc(-c2nc(-c3ccccc3)nc(-c3ccccc3)n2)c(O)c1.COc1ccc(-c2nc(-c3ccccc3)nc(-c3ccccc3)n2)c(O)c1. The fraction of sp³-hybridized carbons (Fsp3) is 0.0455. The van der Waals surface area contributed by atoms with Crippen molar-refractivity contribution in [3.63, 3.8) is 0 Å².